The van der Waals surface area contributed by atoms with E-state index in [0.717, 1.165) is 35.6 Å². The molecule has 10 heteroatoms. The molecule has 40 heavy (non-hydrogen) atoms. The lowest BCUT2D eigenvalue weighted by Crippen LogP contribution is -2.53. The van der Waals surface area contributed by atoms with Gasteiger partial charge in [-0.1, -0.05) is 79.4 Å². The molecule has 0 radical (unpaired) electrons. The zero-order valence-corrected chi connectivity index (χ0v) is 24.6. The van der Waals surface area contributed by atoms with Gasteiger partial charge in [0.05, 0.1) is 10.6 Å². The molecule has 0 aromatic heterocycles. The minimum Gasteiger partial charge on any atom is -0.352 e. The lowest BCUT2D eigenvalue weighted by Gasteiger charge is -2.33. The number of carbonyl (C=O) groups excluding carboxylic acids is 2. The Kier molecular flexibility index (Phi) is 10.1. The Morgan fingerprint density at radius 1 is 0.925 bits per heavy atom. The third-order valence-electron chi connectivity index (χ3n) is 7.06. The number of rotatable bonds is 11. The molecule has 0 bridgehead atoms. The highest BCUT2D eigenvalue weighted by molar-refractivity contribution is 7.92. The first-order valence-corrected chi connectivity index (χ1v) is 15.6. The van der Waals surface area contributed by atoms with Crippen LogP contribution in [0.3, 0.4) is 0 Å². The molecule has 3 aromatic rings. The molecule has 2 amide bonds. The van der Waals surface area contributed by atoms with Crippen LogP contribution in [0.25, 0.3) is 0 Å². The zero-order valence-electron chi connectivity index (χ0n) is 22.3. The van der Waals surface area contributed by atoms with Crippen LogP contribution in [0.4, 0.5) is 5.69 Å². The number of halogens is 2. The number of anilines is 1. The number of hydrogen-bond donors (Lipinski definition) is 1. The predicted octanol–water partition coefficient (Wildman–Crippen LogP) is 6.05. The maximum absolute atomic E-state index is 14.1. The van der Waals surface area contributed by atoms with E-state index in [4.69, 9.17) is 23.2 Å². The van der Waals surface area contributed by atoms with Crippen molar-refractivity contribution in [1.29, 1.82) is 0 Å². The summed E-state index contributed by atoms with van der Waals surface area (Å²) in [5, 5.41) is 3.82. The smallest absolute Gasteiger partial charge is 0.264 e. The number of benzene rings is 3. The van der Waals surface area contributed by atoms with E-state index in [9.17, 15) is 18.0 Å². The number of carbonyl (C=O) groups is 2. The normalized spacial score (nSPS) is 14.5. The van der Waals surface area contributed by atoms with Crippen LogP contribution in [0.5, 0.6) is 0 Å². The van der Waals surface area contributed by atoms with Gasteiger partial charge in [-0.05, 0) is 67.3 Å². The molecule has 0 spiro atoms. The second-order valence-corrected chi connectivity index (χ2v) is 12.6. The van der Waals surface area contributed by atoms with E-state index in [0.29, 0.717) is 16.5 Å². The molecule has 1 aliphatic carbocycles. The van der Waals surface area contributed by atoms with Crippen molar-refractivity contribution < 1.29 is 18.0 Å². The van der Waals surface area contributed by atoms with Gasteiger partial charge in [0, 0.05) is 22.6 Å². The molecule has 1 saturated carbocycles. The van der Waals surface area contributed by atoms with Gasteiger partial charge in [-0.15, -0.1) is 0 Å². The SMILES string of the molecule is CCC(C(=O)NC1CCCC1)N(Cc1ccccc1)C(=O)CN(c1cccc(Cl)c1)S(=O)(=O)c1ccc(Cl)cc1. The average molecular weight is 603 g/mol. The fourth-order valence-electron chi connectivity index (χ4n) is 4.96. The Balaban J connectivity index is 1.70. The van der Waals surface area contributed by atoms with Crippen LogP contribution in [0.2, 0.25) is 10.0 Å². The molecule has 1 N–H and O–H groups in total. The number of sulfonamides is 1. The Labute approximate surface area is 246 Å². The summed E-state index contributed by atoms with van der Waals surface area (Å²) in [5.74, 6) is -0.733. The molecule has 4 rings (SSSR count). The van der Waals surface area contributed by atoms with Crippen molar-refractivity contribution in [2.45, 2.75) is 62.6 Å². The molecule has 7 nitrogen and oxygen atoms in total. The quantitative estimate of drug-likeness (QED) is 0.289. The fraction of sp³-hybridized carbons (Fsp3) is 0.333. The van der Waals surface area contributed by atoms with Crippen molar-refractivity contribution in [3.63, 3.8) is 0 Å². The predicted molar refractivity (Wildman–Crippen MR) is 159 cm³/mol. The highest BCUT2D eigenvalue weighted by atomic mass is 35.5. The van der Waals surface area contributed by atoms with Gasteiger partial charge in [-0.2, -0.15) is 0 Å². The maximum Gasteiger partial charge on any atom is 0.264 e. The van der Waals surface area contributed by atoms with Crippen LogP contribution in [0.1, 0.15) is 44.6 Å². The van der Waals surface area contributed by atoms with Crippen molar-refractivity contribution in [3.8, 4) is 0 Å². The lowest BCUT2D eigenvalue weighted by molar-refractivity contribution is -0.140. The Morgan fingerprint density at radius 2 is 1.60 bits per heavy atom. The summed E-state index contributed by atoms with van der Waals surface area (Å²) in [4.78, 5) is 29.0. The Hall–Kier alpha value is -3.07. The van der Waals surface area contributed by atoms with Gasteiger partial charge >= 0.3 is 0 Å². The summed E-state index contributed by atoms with van der Waals surface area (Å²) in [6, 6.07) is 20.7. The minimum atomic E-state index is -4.19. The van der Waals surface area contributed by atoms with Crippen LogP contribution in [-0.2, 0) is 26.2 Å². The third kappa shape index (κ3) is 7.36. The number of hydrogen-bond acceptors (Lipinski definition) is 4. The summed E-state index contributed by atoms with van der Waals surface area (Å²) in [5.41, 5.74) is 1.07. The van der Waals surface area contributed by atoms with Crippen LogP contribution < -0.4 is 9.62 Å². The Bertz CT molecular complexity index is 1410. The monoisotopic (exact) mass is 601 g/mol. The summed E-state index contributed by atoms with van der Waals surface area (Å²) < 4.78 is 28.8. The fourth-order valence-corrected chi connectivity index (χ4v) is 6.68. The highest BCUT2D eigenvalue weighted by Crippen LogP contribution is 2.28. The lowest BCUT2D eigenvalue weighted by atomic mass is 10.1. The van der Waals surface area contributed by atoms with E-state index in [1.165, 1.54) is 35.2 Å². The highest BCUT2D eigenvalue weighted by Gasteiger charge is 2.34. The summed E-state index contributed by atoms with van der Waals surface area (Å²) in [7, 11) is -4.19. The molecule has 212 valence electrons. The largest absolute Gasteiger partial charge is 0.352 e. The molecule has 1 fully saturated rings. The van der Waals surface area contributed by atoms with Crippen LogP contribution >= 0.6 is 23.2 Å². The maximum atomic E-state index is 14.1. The van der Waals surface area contributed by atoms with E-state index in [2.05, 4.69) is 5.32 Å². The van der Waals surface area contributed by atoms with Gasteiger partial charge in [-0.3, -0.25) is 13.9 Å². The molecule has 3 aromatic carbocycles. The van der Waals surface area contributed by atoms with E-state index in [1.807, 2.05) is 37.3 Å². The number of amides is 2. The van der Waals surface area contributed by atoms with Crippen molar-refractivity contribution in [1.82, 2.24) is 10.2 Å². The summed E-state index contributed by atoms with van der Waals surface area (Å²) >= 11 is 12.2. The summed E-state index contributed by atoms with van der Waals surface area (Å²) in [6.45, 7) is 1.48. The Morgan fingerprint density at radius 3 is 2.23 bits per heavy atom. The zero-order chi connectivity index (χ0) is 28.7. The molecular formula is C30H33Cl2N3O4S. The first kappa shape index (κ1) is 29.9. The first-order chi connectivity index (χ1) is 19.2. The van der Waals surface area contributed by atoms with E-state index >= 15 is 0 Å². The second kappa shape index (κ2) is 13.5. The van der Waals surface area contributed by atoms with Crippen molar-refractivity contribution in [2.24, 2.45) is 0 Å². The van der Waals surface area contributed by atoms with Gasteiger partial charge in [0.15, 0.2) is 0 Å². The van der Waals surface area contributed by atoms with Crippen LogP contribution in [0, 0.1) is 0 Å². The molecule has 0 aliphatic heterocycles. The molecule has 0 heterocycles. The molecule has 1 atom stereocenters. The molecule has 0 saturated heterocycles. The average Bonchev–Trinajstić information content (AvgIpc) is 3.45. The van der Waals surface area contributed by atoms with E-state index in [1.54, 1.807) is 18.2 Å². The first-order valence-electron chi connectivity index (χ1n) is 13.4. The van der Waals surface area contributed by atoms with Gasteiger partial charge < -0.3 is 10.2 Å². The van der Waals surface area contributed by atoms with Crippen molar-refractivity contribution >= 4 is 50.7 Å². The number of nitrogens with zero attached hydrogens (tertiary/aromatic N) is 2. The molecular weight excluding hydrogens is 569 g/mol. The standard InChI is InChI=1S/C30H33Cl2N3O4S/c1-2-28(30(37)33-25-12-6-7-13-25)34(20-22-9-4-3-5-10-22)29(36)21-35(26-14-8-11-24(32)19-26)40(38,39)27-17-15-23(31)16-18-27/h3-5,8-11,14-19,25,28H,2,6-7,12-13,20-21H2,1H3,(H,33,37). The van der Waals surface area contributed by atoms with Crippen LogP contribution in [0.15, 0.2) is 83.8 Å². The van der Waals surface area contributed by atoms with E-state index in [-0.39, 0.29) is 29.1 Å². The minimum absolute atomic E-state index is 0.0229. The van der Waals surface area contributed by atoms with Crippen molar-refractivity contribution in [3.05, 3.63) is 94.5 Å². The van der Waals surface area contributed by atoms with Crippen LogP contribution in [-0.4, -0.2) is 43.8 Å². The number of nitrogens with one attached hydrogen (secondary N) is 1. The summed E-state index contributed by atoms with van der Waals surface area (Å²) in [6.07, 6.45) is 4.32. The van der Waals surface area contributed by atoms with Gasteiger partial charge in [-0.25, -0.2) is 8.42 Å². The van der Waals surface area contributed by atoms with Gasteiger partial charge in [0.25, 0.3) is 10.0 Å². The van der Waals surface area contributed by atoms with Gasteiger partial charge in [0.2, 0.25) is 11.8 Å². The molecule has 1 unspecified atom stereocenters. The van der Waals surface area contributed by atoms with Gasteiger partial charge in [0.1, 0.15) is 12.6 Å². The van der Waals surface area contributed by atoms with E-state index < -0.39 is 28.5 Å². The topological polar surface area (TPSA) is 86.8 Å². The molecule has 1 aliphatic rings. The van der Waals surface area contributed by atoms with Crippen molar-refractivity contribution in [2.75, 3.05) is 10.8 Å². The third-order valence-corrected chi connectivity index (χ3v) is 9.34. The second-order valence-electron chi connectivity index (χ2n) is 9.87.